The van der Waals surface area contributed by atoms with Crippen LogP contribution in [0.5, 0.6) is 0 Å². The molecule has 0 saturated carbocycles. The summed E-state index contributed by atoms with van der Waals surface area (Å²) in [7, 11) is -4.82. The molecule has 0 rings (SSSR count). The van der Waals surface area contributed by atoms with Crippen LogP contribution in [0.25, 0.3) is 0 Å². The predicted molar refractivity (Wildman–Crippen MR) is 19.6 cm³/mol. The van der Waals surface area contributed by atoms with Gasteiger partial charge in [0, 0.05) is 0 Å². The van der Waals surface area contributed by atoms with Gasteiger partial charge in [0.05, 0.1) is 0 Å². The van der Waals surface area contributed by atoms with Gasteiger partial charge in [-0.25, -0.2) is 4.79 Å². The van der Waals surface area contributed by atoms with Crippen LogP contribution in [0, 0.1) is 0 Å². The van der Waals surface area contributed by atoms with Crippen LogP contribution in [0.1, 0.15) is 0 Å². The molecule has 0 heterocycles. The van der Waals surface area contributed by atoms with Crippen molar-refractivity contribution in [1.82, 2.24) is 0 Å². The van der Waals surface area contributed by atoms with E-state index in [1.165, 1.54) is 0 Å². The molecule has 0 spiro atoms. The summed E-state index contributed by atoms with van der Waals surface area (Å²) in [5, 5.41) is 5.18. The Morgan fingerprint density at radius 2 is 1.57 bits per heavy atom. The van der Waals surface area contributed by atoms with Gasteiger partial charge in [0.15, 0.2) is 0 Å². The lowest BCUT2D eigenvalue weighted by Gasteiger charge is -1.78. The zero-order valence-electron chi connectivity index (χ0n) is 3.03. The normalized spacial score (nSPS) is 11.0. The van der Waals surface area contributed by atoms with Crippen LogP contribution in [0.3, 0.4) is 0 Å². The lowest BCUT2D eigenvalue weighted by Crippen LogP contribution is -2.08. The number of rotatable bonds is 0. The minimum absolute atomic E-state index is 2.23. The minimum atomic E-state index is -4.82. The Bertz CT molecular complexity index is 163. The highest BCUT2D eigenvalue weighted by atomic mass is 32.2. The van der Waals surface area contributed by atoms with Crippen molar-refractivity contribution in [2.45, 2.75) is 0 Å². The van der Waals surface area contributed by atoms with Crippen LogP contribution in [0.15, 0.2) is 0 Å². The van der Waals surface area contributed by atoms with Crippen molar-refractivity contribution in [3.63, 3.8) is 0 Å². The molecule has 0 saturated heterocycles. The van der Waals surface area contributed by atoms with E-state index in [0.717, 1.165) is 0 Å². The molecule has 42 valence electrons. The predicted octanol–water partition coefficient (Wildman–Crippen LogP) is -0.448. The van der Waals surface area contributed by atoms with Crippen LogP contribution in [-0.2, 0) is 10.1 Å². The van der Waals surface area contributed by atoms with Crippen LogP contribution >= 0.6 is 0 Å². The molecule has 0 aliphatic carbocycles. The Labute approximate surface area is 39.3 Å². The van der Waals surface area contributed by atoms with E-state index in [1.807, 2.05) is 0 Å². The van der Waals surface area contributed by atoms with Gasteiger partial charge in [-0.3, -0.25) is 4.55 Å². The highest BCUT2D eigenvalue weighted by molar-refractivity contribution is 8.00. The van der Waals surface area contributed by atoms with Crippen molar-refractivity contribution < 1.29 is 22.9 Å². The highest BCUT2D eigenvalue weighted by Gasteiger charge is 2.14. The van der Waals surface area contributed by atoms with Crippen LogP contribution in [0.4, 0.5) is 4.79 Å². The van der Waals surface area contributed by atoms with E-state index in [2.05, 4.69) is 0 Å². The maximum atomic E-state index is 9.29. The minimum Gasteiger partial charge on any atom is -0.468 e. The first kappa shape index (κ1) is 6.38. The van der Waals surface area contributed by atoms with Gasteiger partial charge in [-0.2, -0.15) is 8.42 Å². The van der Waals surface area contributed by atoms with Gasteiger partial charge >= 0.3 is 15.4 Å². The quantitative estimate of drug-likeness (QED) is 0.429. The van der Waals surface area contributed by atoms with E-state index in [1.54, 1.807) is 0 Å². The summed E-state index contributed by atoms with van der Waals surface area (Å²) in [5.41, 5.74) is 0. The fourth-order valence-corrected chi connectivity index (χ4v) is 0. The summed E-state index contributed by atoms with van der Waals surface area (Å²) in [6.45, 7) is 0. The summed E-state index contributed by atoms with van der Waals surface area (Å²) in [6.07, 6.45) is 0. The van der Waals surface area contributed by atoms with Gasteiger partial charge in [-0.15, -0.1) is 0 Å². The molecule has 7 heavy (non-hydrogen) atoms. The summed E-state index contributed by atoms with van der Waals surface area (Å²) < 4.78 is 26.0. The van der Waals surface area contributed by atoms with Crippen molar-refractivity contribution in [3.05, 3.63) is 0 Å². The van der Waals surface area contributed by atoms with Gasteiger partial charge in [-0.05, 0) is 0 Å². The first-order valence-electron chi connectivity index (χ1n) is 1.15. The van der Waals surface area contributed by atoms with Gasteiger partial charge in [0.25, 0.3) is 0 Å². The molecule has 0 aromatic carbocycles. The molecule has 0 radical (unpaired) electrons. The highest BCUT2D eigenvalue weighted by Crippen LogP contribution is 1.79. The van der Waals surface area contributed by atoms with E-state index >= 15 is 0 Å². The lowest BCUT2D eigenvalue weighted by atomic mass is 11.6. The van der Waals surface area contributed by atoms with Crippen molar-refractivity contribution in [1.29, 1.82) is 0 Å². The Balaban J connectivity index is 4.43. The van der Waals surface area contributed by atoms with Crippen molar-refractivity contribution in [2.75, 3.05) is 0 Å². The van der Waals surface area contributed by atoms with Crippen LogP contribution in [0.2, 0.25) is 0 Å². The second-order valence-electron chi connectivity index (χ2n) is 0.741. The molecule has 0 fully saturated rings. The molecule has 0 bridgehead atoms. The molecule has 6 heteroatoms. The van der Waals surface area contributed by atoms with Crippen LogP contribution in [-0.4, -0.2) is 23.4 Å². The van der Waals surface area contributed by atoms with Gasteiger partial charge in [0.1, 0.15) is 0 Å². The molecule has 0 aliphatic rings. The van der Waals surface area contributed by atoms with E-state index in [4.69, 9.17) is 9.66 Å². The largest absolute Gasteiger partial charge is 0.468 e. The number of carbonyl (C=O) groups is 1. The Morgan fingerprint density at radius 3 is 1.57 bits per heavy atom. The smallest absolute Gasteiger partial charge is 0.449 e. The molecule has 2 N–H and O–H groups in total. The summed E-state index contributed by atoms with van der Waals surface area (Å²) in [5.74, 6) is 0. The van der Waals surface area contributed by atoms with Crippen molar-refractivity contribution >= 4 is 15.4 Å². The fourth-order valence-electron chi connectivity index (χ4n) is 0. The fraction of sp³-hybridized carbons (Fsp3) is 0. The average molecular weight is 126 g/mol. The van der Waals surface area contributed by atoms with Gasteiger partial charge < -0.3 is 5.11 Å². The third-order valence-corrected chi connectivity index (χ3v) is 0.662. The number of carboxylic acid groups (broad SMARTS) is 1. The second kappa shape index (κ2) is 1.47. The summed E-state index contributed by atoms with van der Waals surface area (Å²) in [6, 6.07) is 0. The molecular weight excluding hydrogens is 124 g/mol. The zero-order valence-corrected chi connectivity index (χ0v) is 3.84. The summed E-state index contributed by atoms with van der Waals surface area (Å²) in [4.78, 5) is 9.18. The van der Waals surface area contributed by atoms with E-state index in [-0.39, 0.29) is 0 Å². The Kier molecular flexibility index (Phi) is 1.34. The number of hydrogen-bond acceptors (Lipinski definition) is 3. The summed E-state index contributed by atoms with van der Waals surface area (Å²) >= 11 is 0. The third-order valence-electron chi connectivity index (χ3n) is 0.221. The van der Waals surface area contributed by atoms with Crippen molar-refractivity contribution in [2.24, 2.45) is 0 Å². The van der Waals surface area contributed by atoms with Gasteiger partial charge in [-0.1, -0.05) is 0 Å². The molecule has 0 atom stereocenters. The van der Waals surface area contributed by atoms with E-state index in [9.17, 15) is 13.2 Å². The SMILES string of the molecule is O=C(O)S(=O)(=O)O. The second-order valence-corrected chi connectivity index (χ2v) is 2.04. The standard InChI is InChI=1S/CH2O5S/c2-1(3)7(4,5)6/h(H,2,3)(H,4,5,6). The monoisotopic (exact) mass is 126 g/mol. The maximum Gasteiger partial charge on any atom is 0.449 e. The molecule has 0 aromatic rings. The lowest BCUT2D eigenvalue weighted by molar-refractivity contribution is 0.216. The number of hydrogen-bond donors (Lipinski definition) is 2. The molecule has 0 aliphatic heterocycles. The molecular formula is CH2O5S. The first-order chi connectivity index (χ1) is 2.94. The van der Waals surface area contributed by atoms with Gasteiger partial charge in [0.2, 0.25) is 0 Å². The molecule has 0 unspecified atom stereocenters. The molecule has 0 amide bonds. The third kappa shape index (κ3) is 2.12. The molecule has 5 nitrogen and oxygen atoms in total. The maximum absolute atomic E-state index is 9.29. The van der Waals surface area contributed by atoms with E-state index in [0.29, 0.717) is 0 Å². The topological polar surface area (TPSA) is 91.7 Å². The first-order valence-corrected chi connectivity index (χ1v) is 2.59. The Hall–Kier alpha value is -0.620. The average Bonchev–Trinajstić information content (AvgIpc) is 1.31. The Morgan fingerprint density at radius 1 is 1.43 bits per heavy atom. The zero-order chi connectivity index (χ0) is 6.08. The molecule has 0 aromatic heterocycles. The van der Waals surface area contributed by atoms with E-state index < -0.39 is 15.4 Å². The van der Waals surface area contributed by atoms with Crippen molar-refractivity contribution in [3.8, 4) is 0 Å². The van der Waals surface area contributed by atoms with Crippen LogP contribution < -0.4 is 0 Å².